The van der Waals surface area contributed by atoms with Gasteiger partial charge in [0.15, 0.2) is 11.5 Å². The zero-order valence-electron chi connectivity index (χ0n) is 21.5. The quantitative estimate of drug-likeness (QED) is 0.491. The second kappa shape index (κ2) is 11.6. The monoisotopic (exact) mass is 517 g/mol. The average Bonchev–Trinajstić information content (AvgIpc) is 3.32. The molecule has 0 aromatic heterocycles. The van der Waals surface area contributed by atoms with Crippen molar-refractivity contribution in [2.45, 2.75) is 47.2 Å². The molecule has 0 aliphatic carbocycles. The summed E-state index contributed by atoms with van der Waals surface area (Å²) >= 11 is 0. The Bertz CT molecular complexity index is 1180. The first-order valence-corrected chi connectivity index (χ1v) is 13.7. The number of rotatable bonds is 11. The second-order valence-electron chi connectivity index (χ2n) is 9.27. The van der Waals surface area contributed by atoms with Gasteiger partial charge in [0.1, 0.15) is 12.6 Å². The lowest BCUT2D eigenvalue weighted by Crippen LogP contribution is -2.51. The van der Waals surface area contributed by atoms with Gasteiger partial charge in [-0.05, 0) is 44.4 Å². The number of fused-ring (bicyclic) bond motifs is 1. The zero-order valence-corrected chi connectivity index (χ0v) is 22.3. The van der Waals surface area contributed by atoms with Gasteiger partial charge in [-0.2, -0.15) is 0 Å². The van der Waals surface area contributed by atoms with E-state index in [1.807, 2.05) is 45.0 Å². The number of anilines is 1. The standard InChI is InChI=1S/C26H35N3O6S/c1-6-36(32,33)29(22-11-12-23-24(13-22)35-17-34-23)16-25(30)28(15-21-9-7-19(4)8-10-21)20(5)26(31)27-14-18(2)3/h7-13,18,20H,6,14-17H2,1-5H3,(H,27,31)/t20-/m1/s1. The molecule has 2 amide bonds. The Morgan fingerprint density at radius 3 is 2.33 bits per heavy atom. The van der Waals surface area contributed by atoms with Crippen LogP contribution in [-0.2, 0) is 26.2 Å². The average molecular weight is 518 g/mol. The van der Waals surface area contributed by atoms with Crippen molar-refractivity contribution in [3.8, 4) is 11.5 Å². The Hall–Kier alpha value is -3.27. The molecule has 0 spiro atoms. The van der Waals surface area contributed by atoms with Crippen LogP contribution in [-0.4, -0.2) is 56.8 Å². The molecule has 0 radical (unpaired) electrons. The molecule has 1 aliphatic rings. The SMILES string of the molecule is CCS(=O)(=O)N(CC(=O)N(Cc1ccc(C)cc1)[C@H](C)C(=O)NCC(C)C)c1ccc2c(c1)OCO2. The number of hydrogen-bond donors (Lipinski definition) is 1. The van der Waals surface area contributed by atoms with Crippen molar-refractivity contribution in [2.24, 2.45) is 5.92 Å². The van der Waals surface area contributed by atoms with Crippen LogP contribution in [0.5, 0.6) is 11.5 Å². The molecule has 3 rings (SSSR count). The third-order valence-electron chi connectivity index (χ3n) is 5.95. The molecule has 0 bridgehead atoms. The van der Waals surface area contributed by atoms with Crippen LogP contribution in [0.2, 0.25) is 0 Å². The van der Waals surface area contributed by atoms with Crippen molar-refractivity contribution in [2.75, 3.05) is 29.9 Å². The van der Waals surface area contributed by atoms with Crippen molar-refractivity contribution in [3.63, 3.8) is 0 Å². The van der Waals surface area contributed by atoms with Crippen molar-refractivity contribution in [3.05, 3.63) is 53.6 Å². The Balaban J connectivity index is 1.91. The van der Waals surface area contributed by atoms with Crippen molar-refractivity contribution < 1.29 is 27.5 Å². The maximum absolute atomic E-state index is 13.7. The van der Waals surface area contributed by atoms with Crippen LogP contribution in [0.1, 0.15) is 38.8 Å². The summed E-state index contributed by atoms with van der Waals surface area (Å²) in [5.41, 5.74) is 2.20. The highest BCUT2D eigenvalue weighted by Gasteiger charge is 2.31. The van der Waals surface area contributed by atoms with Crippen LogP contribution in [0.4, 0.5) is 5.69 Å². The van der Waals surface area contributed by atoms with Gasteiger partial charge in [-0.1, -0.05) is 43.7 Å². The number of benzene rings is 2. The van der Waals surface area contributed by atoms with Crippen LogP contribution >= 0.6 is 0 Å². The van der Waals surface area contributed by atoms with Crippen LogP contribution < -0.4 is 19.1 Å². The van der Waals surface area contributed by atoms with Gasteiger partial charge in [-0.3, -0.25) is 13.9 Å². The number of nitrogens with zero attached hydrogens (tertiary/aromatic N) is 2. The predicted molar refractivity (Wildman–Crippen MR) is 138 cm³/mol. The summed E-state index contributed by atoms with van der Waals surface area (Å²) < 4.78 is 37.9. The Labute approximate surface area is 213 Å². The summed E-state index contributed by atoms with van der Waals surface area (Å²) in [6, 6.07) is 11.6. The van der Waals surface area contributed by atoms with E-state index in [2.05, 4.69) is 5.32 Å². The van der Waals surface area contributed by atoms with E-state index in [0.29, 0.717) is 23.7 Å². The third-order valence-corrected chi connectivity index (χ3v) is 7.69. The topological polar surface area (TPSA) is 105 Å². The Kier molecular flexibility index (Phi) is 8.84. The number of sulfonamides is 1. The van der Waals surface area contributed by atoms with E-state index in [4.69, 9.17) is 9.47 Å². The smallest absolute Gasteiger partial charge is 0.244 e. The van der Waals surface area contributed by atoms with E-state index in [0.717, 1.165) is 15.4 Å². The first-order chi connectivity index (χ1) is 17.0. The Morgan fingerprint density at radius 1 is 1.03 bits per heavy atom. The second-order valence-corrected chi connectivity index (χ2v) is 11.4. The fourth-order valence-corrected chi connectivity index (χ4v) is 4.74. The summed E-state index contributed by atoms with van der Waals surface area (Å²) in [6.07, 6.45) is 0. The number of nitrogens with one attached hydrogen (secondary N) is 1. The Morgan fingerprint density at radius 2 is 1.69 bits per heavy atom. The molecule has 2 aromatic rings. The lowest BCUT2D eigenvalue weighted by molar-refractivity contribution is -0.139. The maximum Gasteiger partial charge on any atom is 0.244 e. The normalized spacial score (nSPS) is 13.4. The summed E-state index contributed by atoms with van der Waals surface area (Å²) in [4.78, 5) is 28.0. The van der Waals surface area contributed by atoms with E-state index in [9.17, 15) is 18.0 Å². The van der Waals surface area contributed by atoms with E-state index in [-0.39, 0.29) is 30.9 Å². The lowest BCUT2D eigenvalue weighted by atomic mass is 10.1. The fraction of sp³-hybridized carbons (Fsp3) is 0.462. The molecule has 0 saturated carbocycles. The molecule has 1 atom stereocenters. The molecule has 36 heavy (non-hydrogen) atoms. The molecular formula is C26H35N3O6S. The molecular weight excluding hydrogens is 482 g/mol. The highest BCUT2D eigenvalue weighted by atomic mass is 32.2. The predicted octanol–water partition coefficient (Wildman–Crippen LogP) is 3.07. The number of amides is 2. The van der Waals surface area contributed by atoms with E-state index in [1.54, 1.807) is 25.1 Å². The maximum atomic E-state index is 13.7. The van der Waals surface area contributed by atoms with E-state index < -0.39 is 28.5 Å². The zero-order chi connectivity index (χ0) is 26.5. The van der Waals surface area contributed by atoms with Gasteiger partial charge in [0.05, 0.1) is 11.4 Å². The van der Waals surface area contributed by atoms with Crippen LogP contribution in [0.3, 0.4) is 0 Å². The van der Waals surface area contributed by atoms with Crippen LogP contribution in [0.15, 0.2) is 42.5 Å². The molecule has 1 heterocycles. The third kappa shape index (κ3) is 6.69. The van der Waals surface area contributed by atoms with Gasteiger partial charge in [0.2, 0.25) is 28.6 Å². The number of carbonyl (C=O) groups is 2. The summed E-state index contributed by atoms with van der Waals surface area (Å²) in [6.45, 7) is 9.34. The molecule has 196 valence electrons. The molecule has 1 N–H and O–H groups in total. The molecule has 9 nitrogen and oxygen atoms in total. The molecule has 1 aliphatic heterocycles. The van der Waals surface area contributed by atoms with Crippen molar-refractivity contribution in [1.82, 2.24) is 10.2 Å². The number of aryl methyl sites for hydroxylation is 1. The van der Waals surface area contributed by atoms with E-state index >= 15 is 0 Å². The summed E-state index contributed by atoms with van der Waals surface area (Å²) in [5, 5.41) is 2.87. The van der Waals surface area contributed by atoms with Crippen molar-refractivity contribution >= 4 is 27.5 Å². The van der Waals surface area contributed by atoms with E-state index in [1.165, 1.54) is 11.8 Å². The largest absolute Gasteiger partial charge is 0.454 e. The van der Waals surface area contributed by atoms with Gasteiger partial charge in [0.25, 0.3) is 0 Å². The van der Waals surface area contributed by atoms with Gasteiger partial charge < -0.3 is 19.7 Å². The first-order valence-electron chi connectivity index (χ1n) is 12.0. The highest BCUT2D eigenvalue weighted by molar-refractivity contribution is 7.92. The molecule has 2 aromatic carbocycles. The summed E-state index contributed by atoms with van der Waals surface area (Å²) in [7, 11) is -3.82. The minimum absolute atomic E-state index is 0.0472. The van der Waals surface area contributed by atoms with Gasteiger partial charge in [0, 0.05) is 19.2 Å². The first kappa shape index (κ1) is 27.3. The molecule has 0 saturated heterocycles. The minimum atomic E-state index is -3.82. The van der Waals surface area contributed by atoms with Gasteiger partial charge >= 0.3 is 0 Å². The van der Waals surface area contributed by atoms with Crippen LogP contribution in [0, 0.1) is 12.8 Å². The molecule has 0 unspecified atom stereocenters. The fourth-order valence-electron chi connectivity index (χ4n) is 3.69. The number of ether oxygens (including phenoxy) is 2. The van der Waals surface area contributed by atoms with Gasteiger partial charge in [-0.15, -0.1) is 0 Å². The minimum Gasteiger partial charge on any atom is -0.454 e. The van der Waals surface area contributed by atoms with Gasteiger partial charge in [-0.25, -0.2) is 8.42 Å². The number of carbonyl (C=O) groups excluding carboxylic acids is 2. The lowest BCUT2D eigenvalue weighted by Gasteiger charge is -2.32. The number of hydrogen-bond acceptors (Lipinski definition) is 6. The van der Waals surface area contributed by atoms with Crippen LogP contribution in [0.25, 0.3) is 0 Å². The van der Waals surface area contributed by atoms with Crippen molar-refractivity contribution in [1.29, 1.82) is 0 Å². The summed E-state index contributed by atoms with van der Waals surface area (Å²) in [5.74, 6) is 0.190. The molecule has 0 fully saturated rings. The highest BCUT2D eigenvalue weighted by Crippen LogP contribution is 2.36. The molecule has 10 heteroatoms.